The number of hydrogen-bond donors (Lipinski definition) is 3. The van der Waals surface area contributed by atoms with E-state index in [0.29, 0.717) is 6.04 Å². The molecule has 0 spiro atoms. The van der Waals surface area contributed by atoms with Gasteiger partial charge in [0.05, 0.1) is 0 Å². The molecule has 1 aromatic carbocycles. The number of nitrogens with one attached hydrogen (secondary N) is 1. The molecular formula is C16H27N3O. The maximum Gasteiger partial charge on any atom is 0.170 e. The monoisotopic (exact) mass is 277 g/mol. The van der Waals surface area contributed by atoms with E-state index in [1.54, 1.807) is 0 Å². The van der Waals surface area contributed by atoms with E-state index in [-0.39, 0.29) is 5.84 Å². The third-order valence-electron chi connectivity index (χ3n) is 3.63. The molecule has 0 heterocycles. The average molecular weight is 277 g/mol. The smallest absolute Gasteiger partial charge is 0.170 e. The van der Waals surface area contributed by atoms with E-state index in [1.807, 2.05) is 25.1 Å². The number of aryl methyl sites for hydroxylation is 1. The van der Waals surface area contributed by atoms with Crippen molar-refractivity contribution in [2.24, 2.45) is 10.9 Å². The highest BCUT2D eigenvalue weighted by molar-refractivity contribution is 5.97. The minimum absolute atomic E-state index is 0.153. The van der Waals surface area contributed by atoms with Crippen molar-refractivity contribution in [1.29, 1.82) is 0 Å². The molecule has 0 amide bonds. The molecule has 112 valence electrons. The molecule has 4 heteroatoms. The van der Waals surface area contributed by atoms with E-state index in [2.05, 4.69) is 24.3 Å². The Morgan fingerprint density at radius 1 is 1.40 bits per heavy atom. The van der Waals surface area contributed by atoms with Gasteiger partial charge < -0.3 is 16.3 Å². The van der Waals surface area contributed by atoms with Gasteiger partial charge in [0.25, 0.3) is 0 Å². The van der Waals surface area contributed by atoms with E-state index in [1.165, 1.54) is 31.2 Å². The lowest BCUT2D eigenvalue weighted by atomic mass is 10.0. The minimum Gasteiger partial charge on any atom is -0.409 e. The van der Waals surface area contributed by atoms with Crippen LogP contribution in [0.25, 0.3) is 0 Å². The molecule has 4 nitrogen and oxygen atoms in total. The summed E-state index contributed by atoms with van der Waals surface area (Å²) in [5.74, 6) is 0.153. The van der Waals surface area contributed by atoms with Gasteiger partial charge in [0, 0.05) is 18.2 Å². The Hall–Kier alpha value is -1.55. The van der Waals surface area contributed by atoms with Gasteiger partial charge in [0.2, 0.25) is 0 Å². The van der Waals surface area contributed by atoms with E-state index in [4.69, 9.17) is 10.9 Å². The van der Waals surface area contributed by atoms with Crippen LogP contribution in [0.3, 0.4) is 0 Å². The summed E-state index contributed by atoms with van der Waals surface area (Å²) in [6.07, 6.45) is 5.07. The Morgan fingerprint density at radius 2 is 2.15 bits per heavy atom. The number of nitrogens with zero attached hydrogens (tertiary/aromatic N) is 1. The molecule has 0 fully saturated rings. The van der Waals surface area contributed by atoms with Crippen LogP contribution in [0.5, 0.6) is 0 Å². The molecule has 1 aromatic rings. The van der Waals surface area contributed by atoms with Crippen LogP contribution in [-0.4, -0.2) is 17.1 Å². The van der Waals surface area contributed by atoms with Gasteiger partial charge in [-0.1, -0.05) is 43.5 Å². The summed E-state index contributed by atoms with van der Waals surface area (Å²) >= 11 is 0. The number of benzene rings is 1. The van der Waals surface area contributed by atoms with Crippen molar-refractivity contribution in [1.82, 2.24) is 5.32 Å². The fourth-order valence-corrected chi connectivity index (χ4v) is 2.20. The normalized spacial score (nSPS) is 13.4. The van der Waals surface area contributed by atoms with Crippen molar-refractivity contribution < 1.29 is 5.21 Å². The first-order valence-electron chi connectivity index (χ1n) is 7.39. The molecular weight excluding hydrogens is 250 g/mol. The van der Waals surface area contributed by atoms with Crippen molar-refractivity contribution in [3.05, 3.63) is 34.9 Å². The molecule has 20 heavy (non-hydrogen) atoms. The van der Waals surface area contributed by atoms with Gasteiger partial charge in [-0.25, -0.2) is 0 Å². The quantitative estimate of drug-likeness (QED) is 0.225. The summed E-state index contributed by atoms with van der Waals surface area (Å²) in [6, 6.07) is 6.41. The second-order valence-electron chi connectivity index (χ2n) is 5.40. The third kappa shape index (κ3) is 5.21. The molecule has 0 saturated heterocycles. The van der Waals surface area contributed by atoms with Crippen LogP contribution in [0, 0.1) is 6.92 Å². The first kappa shape index (κ1) is 16.5. The predicted octanol–water partition coefficient (Wildman–Crippen LogP) is 3.15. The SMILES string of the molecule is CCCCCC(C)NCc1ccc(/C(N)=N/O)cc1C. The Balaban J connectivity index is 2.52. The number of unbranched alkanes of at least 4 members (excludes halogenated alkanes) is 2. The standard InChI is InChI=1S/C16H27N3O/c1-4-5-6-7-13(3)18-11-15-9-8-14(10-12(15)2)16(17)19-20/h8-10,13,18,20H,4-7,11H2,1-3H3,(H2,17,19). The van der Waals surface area contributed by atoms with E-state index >= 15 is 0 Å². The van der Waals surface area contributed by atoms with Gasteiger partial charge >= 0.3 is 0 Å². The van der Waals surface area contributed by atoms with Crippen LogP contribution in [0.2, 0.25) is 0 Å². The van der Waals surface area contributed by atoms with Crippen molar-refractivity contribution in [2.75, 3.05) is 0 Å². The predicted molar refractivity (Wildman–Crippen MR) is 84.1 cm³/mol. The molecule has 0 aliphatic carbocycles. The zero-order valence-electron chi connectivity index (χ0n) is 12.8. The summed E-state index contributed by atoms with van der Waals surface area (Å²) in [5.41, 5.74) is 8.75. The zero-order valence-corrected chi connectivity index (χ0v) is 12.8. The summed E-state index contributed by atoms with van der Waals surface area (Å²) < 4.78 is 0. The van der Waals surface area contributed by atoms with Gasteiger partial charge in [-0.15, -0.1) is 0 Å². The van der Waals surface area contributed by atoms with Gasteiger partial charge in [-0.3, -0.25) is 0 Å². The fraction of sp³-hybridized carbons (Fsp3) is 0.562. The number of amidine groups is 1. The number of rotatable bonds is 8. The van der Waals surface area contributed by atoms with Crippen molar-refractivity contribution in [3.8, 4) is 0 Å². The first-order chi connectivity index (χ1) is 9.58. The average Bonchev–Trinajstić information content (AvgIpc) is 2.45. The second kappa shape index (κ2) is 8.59. The highest BCUT2D eigenvalue weighted by atomic mass is 16.4. The Bertz CT molecular complexity index is 443. The maximum atomic E-state index is 8.68. The molecule has 0 saturated carbocycles. The third-order valence-corrected chi connectivity index (χ3v) is 3.63. The molecule has 0 aliphatic heterocycles. The van der Waals surface area contributed by atoms with Gasteiger partial charge in [0.15, 0.2) is 5.84 Å². The largest absolute Gasteiger partial charge is 0.409 e. The Labute approximate surface area is 122 Å². The van der Waals surface area contributed by atoms with Crippen LogP contribution in [0.15, 0.2) is 23.4 Å². The molecule has 0 aromatic heterocycles. The van der Waals surface area contributed by atoms with E-state index < -0.39 is 0 Å². The van der Waals surface area contributed by atoms with Crippen molar-refractivity contribution >= 4 is 5.84 Å². The van der Waals surface area contributed by atoms with Crippen LogP contribution in [0.4, 0.5) is 0 Å². The molecule has 1 rings (SSSR count). The molecule has 0 aliphatic rings. The lowest BCUT2D eigenvalue weighted by Crippen LogP contribution is -2.25. The van der Waals surface area contributed by atoms with E-state index in [9.17, 15) is 0 Å². The molecule has 1 atom stereocenters. The second-order valence-corrected chi connectivity index (χ2v) is 5.40. The highest BCUT2D eigenvalue weighted by Gasteiger charge is 2.05. The highest BCUT2D eigenvalue weighted by Crippen LogP contribution is 2.12. The topological polar surface area (TPSA) is 70.6 Å². The molecule has 0 radical (unpaired) electrons. The van der Waals surface area contributed by atoms with Crippen molar-refractivity contribution in [3.63, 3.8) is 0 Å². The van der Waals surface area contributed by atoms with Gasteiger partial charge in [-0.05, 0) is 37.5 Å². The Kier molecular flexibility index (Phi) is 7.09. The van der Waals surface area contributed by atoms with Crippen LogP contribution >= 0.6 is 0 Å². The molecule has 1 unspecified atom stereocenters. The lowest BCUT2D eigenvalue weighted by Gasteiger charge is -2.15. The lowest BCUT2D eigenvalue weighted by molar-refractivity contribution is 0.318. The molecule has 0 bridgehead atoms. The zero-order chi connectivity index (χ0) is 15.0. The van der Waals surface area contributed by atoms with E-state index in [0.717, 1.165) is 17.7 Å². The number of hydrogen-bond acceptors (Lipinski definition) is 3. The summed E-state index contributed by atoms with van der Waals surface area (Å²) in [4.78, 5) is 0. The van der Waals surface area contributed by atoms with Crippen molar-refractivity contribution in [2.45, 2.75) is 59.0 Å². The van der Waals surface area contributed by atoms with Crippen LogP contribution in [-0.2, 0) is 6.54 Å². The summed E-state index contributed by atoms with van der Waals surface area (Å²) in [5, 5.41) is 15.3. The number of oxime groups is 1. The Morgan fingerprint density at radius 3 is 2.75 bits per heavy atom. The fourth-order valence-electron chi connectivity index (χ4n) is 2.20. The summed E-state index contributed by atoms with van der Waals surface area (Å²) in [7, 11) is 0. The maximum absolute atomic E-state index is 8.68. The summed E-state index contributed by atoms with van der Waals surface area (Å²) in [6.45, 7) is 7.36. The van der Waals surface area contributed by atoms with Crippen LogP contribution < -0.4 is 11.1 Å². The van der Waals surface area contributed by atoms with Gasteiger partial charge in [0.1, 0.15) is 0 Å². The number of nitrogens with two attached hydrogens (primary N) is 1. The van der Waals surface area contributed by atoms with Gasteiger partial charge in [-0.2, -0.15) is 0 Å². The first-order valence-corrected chi connectivity index (χ1v) is 7.39. The van der Waals surface area contributed by atoms with Crippen LogP contribution in [0.1, 0.15) is 56.2 Å². The molecule has 4 N–H and O–H groups in total. The minimum atomic E-state index is 0.153.